The van der Waals surface area contributed by atoms with E-state index in [4.69, 9.17) is 11.5 Å². The van der Waals surface area contributed by atoms with Gasteiger partial charge in [0.2, 0.25) is 0 Å². The van der Waals surface area contributed by atoms with Gasteiger partial charge in [-0.3, -0.25) is 4.79 Å². The Morgan fingerprint density at radius 2 is 1.94 bits per heavy atom. The zero-order valence-corrected chi connectivity index (χ0v) is 8.86. The second kappa shape index (κ2) is 4.19. The summed E-state index contributed by atoms with van der Waals surface area (Å²) in [7, 11) is 0. The summed E-state index contributed by atoms with van der Waals surface area (Å²) >= 11 is 1.10. The third-order valence-electron chi connectivity index (χ3n) is 1.58. The number of nitrogen functional groups attached to an aromatic ring is 2. The van der Waals surface area contributed by atoms with Crippen molar-refractivity contribution in [1.82, 2.24) is 19.9 Å². The average Bonchev–Trinajstić information content (AvgIpc) is 2.20. The molecule has 0 saturated heterocycles. The fourth-order valence-electron chi connectivity index (χ4n) is 0.967. The van der Waals surface area contributed by atoms with Crippen molar-refractivity contribution in [2.75, 3.05) is 11.5 Å². The van der Waals surface area contributed by atoms with E-state index < -0.39 is 0 Å². The van der Waals surface area contributed by atoms with Crippen molar-refractivity contribution in [3.63, 3.8) is 0 Å². The Balaban J connectivity index is 2.26. The molecular formula is C8H8N6OS. The molecular weight excluding hydrogens is 228 g/mol. The second-order valence-electron chi connectivity index (χ2n) is 2.88. The number of hydrogen-bond donors (Lipinski definition) is 3. The molecule has 82 valence electrons. The lowest BCUT2D eigenvalue weighted by molar-refractivity contribution is 0.917. The van der Waals surface area contributed by atoms with E-state index >= 15 is 0 Å². The molecule has 0 unspecified atom stereocenters. The van der Waals surface area contributed by atoms with E-state index in [9.17, 15) is 4.79 Å². The largest absolute Gasteiger partial charge is 0.396 e. The van der Waals surface area contributed by atoms with E-state index in [2.05, 4.69) is 19.9 Å². The number of nitrogens with two attached hydrogens (primary N) is 2. The third kappa shape index (κ3) is 2.48. The molecule has 5 N–H and O–H groups in total. The average molecular weight is 236 g/mol. The number of rotatable bonds is 2. The smallest absolute Gasteiger partial charge is 0.253 e. The Kier molecular flexibility index (Phi) is 2.73. The Bertz CT molecular complexity index is 551. The Hall–Kier alpha value is -2.09. The number of anilines is 2. The minimum atomic E-state index is -0.314. The first-order chi connectivity index (χ1) is 7.63. The summed E-state index contributed by atoms with van der Waals surface area (Å²) < 4.78 is 0. The predicted octanol–water partition coefficient (Wildman–Crippen LogP) is -0.124. The van der Waals surface area contributed by atoms with Crippen LogP contribution in [0.1, 0.15) is 0 Å². The molecule has 0 fully saturated rings. The van der Waals surface area contributed by atoms with Gasteiger partial charge in [-0.1, -0.05) is 0 Å². The van der Waals surface area contributed by atoms with Gasteiger partial charge in [0, 0.05) is 6.07 Å². The van der Waals surface area contributed by atoms with Crippen molar-refractivity contribution in [2.24, 2.45) is 0 Å². The fourth-order valence-corrected chi connectivity index (χ4v) is 1.65. The number of hydrogen-bond acceptors (Lipinski definition) is 7. The van der Waals surface area contributed by atoms with Crippen molar-refractivity contribution in [3.8, 4) is 0 Å². The van der Waals surface area contributed by atoms with Crippen molar-refractivity contribution in [2.45, 2.75) is 10.3 Å². The molecule has 2 aromatic heterocycles. The minimum absolute atomic E-state index is 0.154. The van der Waals surface area contributed by atoms with Crippen LogP contribution in [0.2, 0.25) is 0 Å². The van der Waals surface area contributed by atoms with Crippen molar-refractivity contribution >= 4 is 23.3 Å². The predicted molar refractivity (Wildman–Crippen MR) is 59.8 cm³/mol. The first kappa shape index (κ1) is 10.4. The molecule has 7 nitrogen and oxygen atoms in total. The fraction of sp³-hybridized carbons (Fsp3) is 0. The Morgan fingerprint density at radius 3 is 2.56 bits per heavy atom. The normalized spacial score (nSPS) is 10.2. The molecule has 8 heteroatoms. The highest BCUT2D eigenvalue weighted by Gasteiger charge is 2.03. The number of aromatic nitrogens is 4. The van der Waals surface area contributed by atoms with Gasteiger partial charge in [0.05, 0.1) is 18.1 Å². The molecule has 2 heterocycles. The molecule has 0 atom stereocenters. The molecule has 0 spiro atoms. The molecule has 0 saturated carbocycles. The Labute approximate surface area is 94.3 Å². The SMILES string of the molecule is Nc1cnc(Sc2nc(N)cc(=O)[nH]2)nc1. The van der Waals surface area contributed by atoms with E-state index in [1.54, 1.807) is 0 Å². The van der Waals surface area contributed by atoms with Crippen LogP contribution in [0, 0.1) is 0 Å². The standard InChI is InChI=1S/C8H8N6OS/c9-4-2-11-7(12-3-4)16-8-13-5(10)1-6(15)14-8/h1-3H,9H2,(H3,10,13,14,15). The summed E-state index contributed by atoms with van der Waals surface area (Å²) in [6.07, 6.45) is 2.94. The van der Waals surface area contributed by atoms with Crippen LogP contribution in [0.15, 0.2) is 33.6 Å². The van der Waals surface area contributed by atoms with Crippen LogP contribution in [-0.4, -0.2) is 19.9 Å². The van der Waals surface area contributed by atoms with Crippen molar-refractivity contribution in [3.05, 3.63) is 28.8 Å². The zero-order chi connectivity index (χ0) is 11.5. The van der Waals surface area contributed by atoms with E-state index in [0.717, 1.165) is 11.8 Å². The van der Waals surface area contributed by atoms with Gasteiger partial charge in [-0.05, 0) is 11.8 Å². The van der Waals surface area contributed by atoms with Crippen LogP contribution in [0.25, 0.3) is 0 Å². The quantitative estimate of drug-likeness (QED) is 0.620. The molecule has 0 aliphatic carbocycles. The highest BCUT2D eigenvalue weighted by molar-refractivity contribution is 7.99. The van der Waals surface area contributed by atoms with Crippen LogP contribution in [0.5, 0.6) is 0 Å². The summed E-state index contributed by atoms with van der Waals surface area (Å²) in [6, 6.07) is 1.20. The number of aromatic amines is 1. The number of nitrogens with zero attached hydrogens (tertiary/aromatic N) is 3. The molecule has 0 bridgehead atoms. The monoisotopic (exact) mass is 236 g/mol. The highest BCUT2D eigenvalue weighted by Crippen LogP contribution is 2.19. The molecule has 0 aliphatic heterocycles. The lowest BCUT2D eigenvalue weighted by atomic mass is 10.6. The van der Waals surface area contributed by atoms with Gasteiger partial charge in [-0.25, -0.2) is 15.0 Å². The molecule has 0 aliphatic rings. The Morgan fingerprint density at radius 1 is 1.25 bits per heavy atom. The summed E-state index contributed by atoms with van der Waals surface area (Å²) in [5.74, 6) is 0.154. The van der Waals surface area contributed by atoms with Gasteiger partial charge in [0.1, 0.15) is 5.82 Å². The van der Waals surface area contributed by atoms with Gasteiger partial charge in [-0.15, -0.1) is 0 Å². The zero-order valence-electron chi connectivity index (χ0n) is 8.04. The van der Waals surface area contributed by atoms with Gasteiger partial charge in [-0.2, -0.15) is 0 Å². The molecule has 0 radical (unpaired) electrons. The first-order valence-corrected chi connectivity index (χ1v) is 5.07. The van der Waals surface area contributed by atoms with E-state index in [0.29, 0.717) is 16.0 Å². The van der Waals surface area contributed by atoms with Crippen LogP contribution < -0.4 is 17.0 Å². The maximum absolute atomic E-state index is 11.1. The summed E-state index contributed by atoms with van der Waals surface area (Å²) in [5, 5.41) is 0.776. The maximum Gasteiger partial charge on any atom is 0.253 e. The van der Waals surface area contributed by atoms with Crippen LogP contribution in [0.4, 0.5) is 11.5 Å². The highest BCUT2D eigenvalue weighted by atomic mass is 32.2. The lowest BCUT2D eigenvalue weighted by Crippen LogP contribution is -2.09. The van der Waals surface area contributed by atoms with Gasteiger partial charge in [0.25, 0.3) is 5.56 Å². The number of H-pyrrole nitrogens is 1. The van der Waals surface area contributed by atoms with E-state index in [-0.39, 0.29) is 11.4 Å². The van der Waals surface area contributed by atoms with Crippen molar-refractivity contribution in [1.29, 1.82) is 0 Å². The molecule has 2 aromatic rings. The molecule has 16 heavy (non-hydrogen) atoms. The van der Waals surface area contributed by atoms with E-state index in [1.165, 1.54) is 18.5 Å². The first-order valence-electron chi connectivity index (χ1n) is 4.26. The van der Waals surface area contributed by atoms with Gasteiger partial charge < -0.3 is 16.5 Å². The van der Waals surface area contributed by atoms with E-state index in [1.807, 2.05) is 0 Å². The van der Waals surface area contributed by atoms with Gasteiger partial charge >= 0.3 is 0 Å². The van der Waals surface area contributed by atoms with Crippen molar-refractivity contribution < 1.29 is 0 Å². The number of nitrogens with one attached hydrogen (secondary N) is 1. The van der Waals surface area contributed by atoms with Gasteiger partial charge in [0.15, 0.2) is 10.3 Å². The minimum Gasteiger partial charge on any atom is -0.396 e. The summed E-state index contributed by atoms with van der Waals surface area (Å²) in [6.45, 7) is 0. The topological polar surface area (TPSA) is 124 Å². The molecule has 0 aromatic carbocycles. The maximum atomic E-state index is 11.1. The van der Waals surface area contributed by atoms with Crippen LogP contribution in [-0.2, 0) is 0 Å². The second-order valence-corrected chi connectivity index (χ2v) is 3.83. The summed E-state index contributed by atoms with van der Waals surface area (Å²) in [4.78, 5) is 25.5. The summed E-state index contributed by atoms with van der Waals surface area (Å²) in [5.41, 5.74) is 11.0. The molecule has 2 rings (SSSR count). The van der Waals surface area contributed by atoms with Crippen LogP contribution in [0.3, 0.4) is 0 Å². The van der Waals surface area contributed by atoms with Crippen LogP contribution >= 0.6 is 11.8 Å². The molecule has 0 amide bonds. The third-order valence-corrected chi connectivity index (χ3v) is 2.36. The lowest BCUT2D eigenvalue weighted by Gasteiger charge is -1.99.